The summed E-state index contributed by atoms with van der Waals surface area (Å²) in [5.74, 6) is 0. The number of rotatable bonds is 3. The average Bonchev–Trinajstić information content (AvgIpc) is 2.61. The summed E-state index contributed by atoms with van der Waals surface area (Å²) in [6.45, 7) is 1.70. The summed E-state index contributed by atoms with van der Waals surface area (Å²) < 4.78 is 28.0. The first-order valence-electron chi connectivity index (χ1n) is 4.92. The number of pyridine rings is 1. The third-order valence-electron chi connectivity index (χ3n) is 2.39. The molecule has 1 N–H and O–H groups in total. The van der Waals surface area contributed by atoms with E-state index < -0.39 is 10.0 Å². The SMILES string of the molecule is Cc1c(S(=O)(=O)Nc2cccnc2)cnn1C. The summed E-state index contributed by atoms with van der Waals surface area (Å²) in [5, 5.41) is 3.91. The van der Waals surface area contributed by atoms with E-state index >= 15 is 0 Å². The zero-order valence-corrected chi connectivity index (χ0v) is 10.3. The van der Waals surface area contributed by atoms with Crippen LogP contribution < -0.4 is 4.72 Å². The van der Waals surface area contributed by atoms with Gasteiger partial charge in [-0.25, -0.2) is 8.42 Å². The second-order valence-corrected chi connectivity index (χ2v) is 5.22. The van der Waals surface area contributed by atoms with Crippen LogP contribution in [0.3, 0.4) is 0 Å². The van der Waals surface area contributed by atoms with Crippen molar-refractivity contribution in [3.05, 3.63) is 36.4 Å². The van der Waals surface area contributed by atoms with Gasteiger partial charge in [0.2, 0.25) is 0 Å². The first kappa shape index (κ1) is 11.6. The Morgan fingerprint density at radius 2 is 2.12 bits per heavy atom. The van der Waals surface area contributed by atoms with E-state index in [1.54, 1.807) is 32.3 Å². The average molecular weight is 252 g/mol. The molecule has 0 radical (unpaired) electrons. The number of nitrogens with zero attached hydrogens (tertiary/aromatic N) is 3. The smallest absolute Gasteiger partial charge is 0.265 e. The highest BCUT2D eigenvalue weighted by molar-refractivity contribution is 7.92. The Morgan fingerprint density at radius 1 is 1.35 bits per heavy atom. The van der Waals surface area contributed by atoms with Gasteiger partial charge in [-0.3, -0.25) is 14.4 Å². The second-order valence-electron chi connectivity index (χ2n) is 3.57. The first-order chi connectivity index (χ1) is 8.00. The molecule has 0 unspecified atom stereocenters. The lowest BCUT2D eigenvalue weighted by Crippen LogP contribution is -2.13. The van der Waals surface area contributed by atoms with Crippen molar-refractivity contribution in [1.29, 1.82) is 0 Å². The van der Waals surface area contributed by atoms with E-state index in [1.165, 1.54) is 17.1 Å². The highest BCUT2D eigenvalue weighted by Crippen LogP contribution is 2.17. The summed E-state index contributed by atoms with van der Waals surface area (Å²) in [5.41, 5.74) is 1.01. The summed E-state index contributed by atoms with van der Waals surface area (Å²) in [7, 11) is -1.90. The van der Waals surface area contributed by atoms with Crippen LogP contribution in [0.4, 0.5) is 5.69 Å². The van der Waals surface area contributed by atoms with Gasteiger partial charge in [0, 0.05) is 13.2 Å². The van der Waals surface area contributed by atoms with Gasteiger partial charge in [-0.15, -0.1) is 0 Å². The third kappa shape index (κ3) is 2.28. The van der Waals surface area contributed by atoms with Crippen LogP contribution in [0.5, 0.6) is 0 Å². The number of aromatic nitrogens is 3. The van der Waals surface area contributed by atoms with Crippen molar-refractivity contribution in [2.75, 3.05) is 4.72 Å². The van der Waals surface area contributed by atoms with Crippen LogP contribution in [0.25, 0.3) is 0 Å². The van der Waals surface area contributed by atoms with Crippen LogP contribution in [0.2, 0.25) is 0 Å². The van der Waals surface area contributed by atoms with Gasteiger partial charge in [0.25, 0.3) is 10.0 Å². The van der Waals surface area contributed by atoms with E-state index in [0.29, 0.717) is 11.4 Å². The fourth-order valence-corrected chi connectivity index (χ4v) is 2.62. The number of nitrogens with one attached hydrogen (secondary N) is 1. The number of anilines is 1. The van der Waals surface area contributed by atoms with Gasteiger partial charge in [-0.1, -0.05) is 0 Å². The molecule has 2 heterocycles. The molecule has 0 aliphatic rings. The second kappa shape index (κ2) is 4.17. The van der Waals surface area contributed by atoms with Crippen LogP contribution in [-0.4, -0.2) is 23.2 Å². The monoisotopic (exact) mass is 252 g/mol. The number of hydrogen-bond acceptors (Lipinski definition) is 4. The first-order valence-corrected chi connectivity index (χ1v) is 6.40. The lowest BCUT2D eigenvalue weighted by atomic mass is 10.4. The molecule has 0 fully saturated rings. The Balaban J connectivity index is 2.35. The van der Waals surface area contributed by atoms with Crippen molar-refractivity contribution >= 4 is 15.7 Å². The molecule has 17 heavy (non-hydrogen) atoms. The van der Waals surface area contributed by atoms with Gasteiger partial charge in [0.15, 0.2) is 0 Å². The van der Waals surface area contributed by atoms with Crippen LogP contribution in [0.1, 0.15) is 5.69 Å². The molecule has 0 saturated carbocycles. The van der Waals surface area contributed by atoms with E-state index in [4.69, 9.17) is 0 Å². The molecule has 7 heteroatoms. The summed E-state index contributed by atoms with van der Waals surface area (Å²) >= 11 is 0. The Bertz CT molecular complexity index is 619. The molecule has 2 rings (SSSR count). The highest BCUT2D eigenvalue weighted by Gasteiger charge is 2.19. The molecule has 0 amide bonds. The van der Waals surface area contributed by atoms with Gasteiger partial charge < -0.3 is 0 Å². The predicted octanol–water partition coefficient (Wildman–Crippen LogP) is 0.924. The molecule has 0 atom stereocenters. The van der Waals surface area contributed by atoms with Crippen LogP contribution >= 0.6 is 0 Å². The molecule has 0 aromatic carbocycles. The quantitative estimate of drug-likeness (QED) is 0.881. The summed E-state index contributed by atoms with van der Waals surface area (Å²) in [6.07, 6.45) is 4.35. The maximum atomic E-state index is 12.0. The van der Waals surface area contributed by atoms with Crippen LogP contribution in [0, 0.1) is 6.92 Å². The Labute approximate surface area is 99.4 Å². The predicted molar refractivity (Wildman–Crippen MR) is 63.0 cm³/mol. The number of hydrogen-bond donors (Lipinski definition) is 1. The Morgan fingerprint density at radius 3 is 2.65 bits per heavy atom. The zero-order valence-electron chi connectivity index (χ0n) is 9.45. The van der Waals surface area contributed by atoms with Crippen molar-refractivity contribution in [2.24, 2.45) is 7.05 Å². The highest BCUT2D eigenvalue weighted by atomic mass is 32.2. The number of aryl methyl sites for hydroxylation is 1. The van der Waals surface area contributed by atoms with Gasteiger partial charge in [0.1, 0.15) is 4.90 Å². The molecule has 0 aliphatic heterocycles. The largest absolute Gasteiger partial charge is 0.278 e. The maximum absolute atomic E-state index is 12.0. The van der Waals surface area contributed by atoms with Gasteiger partial charge in [0.05, 0.1) is 23.8 Å². The van der Waals surface area contributed by atoms with E-state index in [2.05, 4.69) is 14.8 Å². The molecule has 0 saturated heterocycles. The molecular formula is C10H12N4O2S. The van der Waals surface area contributed by atoms with Crippen molar-refractivity contribution in [3.8, 4) is 0 Å². The van der Waals surface area contributed by atoms with Gasteiger partial charge in [-0.2, -0.15) is 5.10 Å². The fraction of sp³-hybridized carbons (Fsp3) is 0.200. The molecule has 0 bridgehead atoms. The summed E-state index contributed by atoms with van der Waals surface area (Å²) in [4.78, 5) is 4.01. The molecule has 2 aromatic rings. The Kier molecular flexibility index (Phi) is 2.84. The van der Waals surface area contributed by atoms with Crippen LogP contribution in [0.15, 0.2) is 35.6 Å². The maximum Gasteiger partial charge on any atom is 0.265 e. The van der Waals surface area contributed by atoms with Crippen molar-refractivity contribution in [3.63, 3.8) is 0 Å². The molecule has 90 valence electrons. The normalized spacial score (nSPS) is 11.4. The minimum absolute atomic E-state index is 0.170. The van der Waals surface area contributed by atoms with E-state index in [1.807, 2.05) is 0 Å². The van der Waals surface area contributed by atoms with E-state index in [-0.39, 0.29) is 4.90 Å². The van der Waals surface area contributed by atoms with Crippen molar-refractivity contribution in [1.82, 2.24) is 14.8 Å². The lowest BCUT2D eigenvalue weighted by Gasteiger charge is -2.06. The number of sulfonamides is 1. The molecule has 6 nitrogen and oxygen atoms in total. The van der Waals surface area contributed by atoms with Crippen LogP contribution in [-0.2, 0) is 17.1 Å². The molecule has 0 aliphatic carbocycles. The van der Waals surface area contributed by atoms with Crippen molar-refractivity contribution in [2.45, 2.75) is 11.8 Å². The molecule has 2 aromatic heterocycles. The van der Waals surface area contributed by atoms with Crippen molar-refractivity contribution < 1.29 is 8.42 Å². The minimum Gasteiger partial charge on any atom is -0.278 e. The molecular weight excluding hydrogens is 240 g/mol. The topological polar surface area (TPSA) is 76.9 Å². The zero-order chi connectivity index (χ0) is 12.5. The van der Waals surface area contributed by atoms with E-state index in [9.17, 15) is 8.42 Å². The van der Waals surface area contributed by atoms with Gasteiger partial charge >= 0.3 is 0 Å². The fourth-order valence-electron chi connectivity index (χ4n) is 1.38. The van der Waals surface area contributed by atoms with Gasteiger partial charge in [-0.05, 0) is 19.1 Å². The molecule has 0 spiro atoms. The standard InChI is InChI=1S/C10H12N4O2S/c1-8-10(7-12-14(8)2)17(15,16)13-9-4-3-5-11-6-9/h3-7,13H,1-2H3. The summed E-state index contributed by atoms with van der Waals surface area (Å²) in [6, 6.07) is 3.30. The Hall–Kier alpha value is -1.89. The van der Waals surface area contributed by atoms with E-state index in [0.717, 1.165) is 0 Å². The third-order valence-corrected chi connectivity index (χ3v) is 3.88. The minimum atomic E-state index is -3.60. The lowest BCUT2D eigenvalue weighted by molar-refractivity contribution is 0.600.